The summed E-state index contributed by atoms with van der Waals surface area (Å²) in [6, 6.07) is 15.5. The van der Waals surface area contributed by atoms with Gasteiger partial charge in [-0.05, 0) is 60.0 Å². The summed E-state index contributed by atoms with van der Waals surface area (Å²) in [5, 5.41) is 0.699. The highest BCUT2D eigenvalue weighted by Gasteiger charge is 2.35. The summed E-state index contributed by atoms with van der Waals surface area (Å²) in [6.07, 6.45) is 1.64. The van der Waals surface area contributed by atoms with Gasteiger partial charge >= 0.3 is 0 Å². The first-order valence-electron chi connectivity index (χ1n) is 9.94. The summed E-state index contributed by atoms with van der Waals surface area (Å²) in [4.78, 5) is 15.2. The highest BCUT2D eigenvalue weighted by atomic mass is 35.5. The summed E-state index contributed by atoms with van der Waals surface area (Å²) >= 11 is 5.98. The quantitative estimate of drug-likeness (QED) is 0.490. The third-order valence-electron chi connectivity index (χ3n) is 5.47. The van der Waals surface area contributed by atoms with Gasteiger partial charge in [0.25, 0.3) is 0 Å². The second-order valence-electron chi connectivity index (χ2n) is 7.75. The molecule has 0 N–H and O–H groups in total. The number of hydrogen-bond donors (Lipinski definition) is 0. The number of nitrogens with zero attached hydrogens (tertiary/aromatic N) is 1. The number of allylic oxidation sites excluding steroid dienone is 1. The summed E-state index contributed by atoms with van der Waals surface area (Å²) < 4.78 is 25.2. The van der Waals surface area contributed by atoms with Crippen LogP contribution in [0.15, 0.2) is 60.4 Å². The van der Waals surface area contributed by atoms with Gasteiger partial charge in [0.2, 0.25) is 5.78 Å². The van der Waals surface area contributed by atoms with Gasteiger partial charge in [0.1, 0.15) is 24.0 Å². The Labute approximate surface area is 184 Å². The Kier molecular flexibility index (Phi) is 5.00. The zero-order valence-corrected chi connectivity index (χ0v) is 17.6. The van der Waals surface area contributed by atoms with E-state index in [0.717, 1.165) is 22.4 Å². The molecule has 0 unspecified atom stereocenters. The first-order valence-corrected chi connectivity index (χ1v) is 10.3. The maximum absolute atomic E-state index is 13.2. The summed E-state index contributed by atoms with van der Waals surface area (Å²) in [7, 11) is 0. The maximum Gasteiger partial charge on any atom is 0.232 e. The number of Topliss-reactive ketones (excluding diaryl/α,β-unsaturated/α-hetero) is 1. The molecule has 5 rings (SSSR count). The Bertz CT molecular complexity index is 1200. The minimum atomic E-state index is -0.327. The fourth-order valence-electron chi connectivity index (χ4n) is 3.94. The van der Waals surface area contributed by atoms with E-state index in [-0.39, 0.29) is 17.4 Å². The lowest BCUT2D eigenvalue weighted by Gasteiger charge is -2.30. The Balaban J connectivity index is 1.45. The van der Waals surface area contributed by atoms with Crippen molar-refractivity contribution >= 4 is 23.5 Å². The number of carbonyl (C=O) groups excluding carboxylic acids is 1. The standard InChI is InChI=1S/C25H19ClFNO3/c1-15-10-21-20(13-28(14-30-21)12-17-2-6-18(26)7-3-17)25-23(15)24(29)22(31-25)11-16-4-8-19(27)9-5-16/h2-11H,12-14H2,1H3/b22-11-. The molecular formula is C25H19ClFNO3. The summed E-state index contributed by atoms with van der Waals surface area (Å²) in [5.41, 5.74) is 4.05. The van der Waals surface area contributed by atoms with E-state index in [1.807, 2.05) is 37.3 Å². The molecule has 0 amide bonds. The topological polar surface area (TPSA) is 38.8 Å². The van der Waals surface area contributed by atoms with Crippen molar-refractivity contribution in [3.8, 4) is 11.5 Å². The van der Waals surface area contributed by atoms with Crippen LogP contribution in [0.25, 0.3) is 6.08 Å². The molecule has 3 aromatic carbocycles. The minimum absolute atomic E-state index is 0.172. The van der Waals surface area contributed by atoms with E-state index in [1.54, 1.807) is 18.2 Å². The molecule has 2 heterocycles. The number of benzene rings is 3. The van der Waals surface area contributed by atoms with Gasteiger partial charge in [-0.15, -0.1) is 0 Å². The van der Waals surface area contributed by atoms with Crippen molar-refractivity contribution in [1.29, 1.82) is 0 Å². The molecule has 0 atom stereocenters. The lowest BCUT2D eigenvalue weighted by atomic mass is 9.98. The SMILES string of the molecule is Cc1cc2c(c3c1C(=O)/C(=C/c1ccc(F)cc1)O3)CN(Cc1ccc(Cl)cc1)CO2. The molecule has 31 heavy (non-hydrogen) atoms. The number of fused-ring (bicyclic) bond motifs is 3. The fourth-order valence-corrected chi connectivity index (χ4v) is 4.06. The van der Waals surface area contributed by atoms with Gasteiger partial charge in [0.15, 0.2) is 5.76 Å². The van der Waals surface area contributed by atoms with Crippen molar-refractivity contribution < 1.29 is 18.7 Å². The van der Waals surface area contributed by atoms with E-state index in [0.29, 0.717) is 41.7 Å². The number of hydrogen-bond acceptors (Lipinski definition) is 4. The smallest absolute Gasteiger partial charge is 0.232 e. The van der Waals surface area contributed by atoms with Gasteiger partial charge in [-0.3, -0.25) is 9.69 Å². The van der Waals surface area contributed by atoms with Crippen LogP contribution in [0, 0.1) is 12.7 Å². The van der Waals surface area contributed by atoms with Crippen molar-refractivity contribution in [2.24, 2.45) is 0 Å². The van der Waals surface area contributed by atoms with E-state index in [1.165, 1.54) is 12.1 Å². The number of ketones is 1. The van der Waals surface area contributed by atoms with Crippen LogP contribution < -0.4 is 9.47 Å². The molecule has 6 heteroatoms. The molecular weight excluding hydrogens is 417 g/mol. The molecule has 156 valence electrons. The Morgan fingerprint density at radius 1 is 1.13 bits per heavy atom. The fraction of sp³-hybridized carbons (Fsp3) is 0.160. The number of halogens is 2. The van der Waals surface area contributed by atoms with Gasteiger partial charge in [-0.25, -0.2) is 4.39 Å². The van der Waals surface area contributed by atoms with Crippen molar-refractivity contribution in [3.05, 3.63) is 99.0 Å². The lowest BCUT2D eigenvalue weighted by molar-refractivity contribution is 0.0872. The number of carbonyl (C=O) groups is 1. The van der Waals surface area contributed by atoms with E-state index >= 15 is 0 Å². The highest BCUT2D eigenvalue weighted by molar-refractivity contribution is 6.30. The molecule has 2 aliphatic heterocycles. The van der Waals surface area contributed by atoms with Crippen LogP contribution in [0.4, 0.5) is 4.39 Å². The van der Waals surface area contributed by atoms with Gasteiger partial charge in [0, 0.05) is 18.1 Å². The van der Waals surface area contributed by atoms with E-state index in [4.69, 9.17) is 21.1 Å². The van der Waals surface area contributed by atoms with Crippen LogP contribution in [-0.2, 0) is 13.1 Å². The molecule has 0 aliphatic carbocycles. The Hall–Kier alpha value is -3.15. The van der Waals surface area contributed by atoms with Crippen molar-refractivity contribution in [2.75, 3.05) is 6.73 Å². The first-order chi connectivity index (χ1) is 15.0. The molecule has 3 aromatic rings. The van der Waals surface area contributed by atoms with E-state index in [2.05, 4.69) is 4.90 Å². The zero-order valence-electron chi connectivity index (χ0n) is 16.8. The van der Waals surface area contributed by atoms with Crippen molar-refractivity contribution in [3.63, 3.8) is 0 Å². The number of aryl methyl sites for hydroxylation is 1. The third kappa shape index (κ3) is 3.82. The summed E-state index contributed by atoms with van der Waals surface area (Å²) in [5.74, 6) is 1.02. The largest absolute Gasteiger partial charge is 0.478 e. The van der Waals surface area contributed by atoms with Crippen LogP contribution in [0.3, 0.4) is 0 Å². The van der Waals surface area contributed by atoms with E-state index < -0.39 is 0 Å². The minimum Gasteiger partial charge on any atom is -0.478 e. The average molecular weight is 436 g/mol. The number of rotatable bonds is 3. The van der Waals surface area contributed by atoms with Crippen molar-refractivity contribution in [2.45, 2.75) is 20.0 Å². The molecule has 2 aliphatic rings. The Morgan fingerprint density at radius 3 is 2.61 bits per heavy atom. The lowest BCUT2D eigenvalue weighted by Crippen LogP contribution is -2.31. The van der Waals surface area contributed by atoms with Gasteiger partial charge in [-0.2, -0.15) is 0 Å². The van der Waals surface area contributed by atoms with Gasteiger partial charge < -0.3 is 9.47 Å². The molecule has 0 saturated heterocycles. The first kappa shape index (κ1) is 19.8. The van der Waals surface area contributed by atoms with Crippen LogP contribution in [0.5, 0.6) is 11.5 Å². The monoisotopic (exact) mass is 435 g/mol. The van der Waals surface area contributed by atoms with Crippen LogP contribution in [0.2, 0.25) is 5.02 Å². The second kappa shape index (κ2) is 7.84. The Morgan fingerprint density at radius 2 is 1.87 bits per heavy atom. The molecule has 0 saturated carbocycles. The second-order valence-corrected chi connectivity index (χ2v) is 8.19. The van der Waals surface area contributed by atoms with Crippen LogP contribution in [0.1, 0.15) is 32.6 Å². The van der Waals surface area contributed by atoms with Crippen molar-refractivity contribution in [1.82, 2.24) is 4.90 Å². The number of ether oxygens (including phenoxy) is 2. The predicted octanol–water partition coefficient (Wildman–Crippen LogP) is 5.76. The highest BCUT2D eigenvalue weighted by Crippen LogP contribution is 2.44. The molecule has 0 radical (unpaired) electrons. The normalized spacial score (nSPS) is 16.6. The molecule has 0 spiro atoms. The average Bonchev–Trinajstić information content (AvgIpc) is 3.09. The van der Waals surface area contributed by atoms with Crippen LogP contribution in [-0.4, -0.2) is 17.4 Å². The molecule has 0 bridgehead atoms. The summed E-state index contributed by atoms with van der Waals surface area (Å²) in [6.45, 7) is 3.61. The van der Waals surface area contributed by atoms with E-state index in [9.17, 15) is 9.18 Å². The molecule has 4 nitrogen and oxygen atoms in total. The maximum atomic E-state index is 13.2. The van der Waals surface area contributed by atoms with Crippen LogP contribution >= 0.6 is 11.6 Å². The third-order valence-corrected chi connectivity index (χ3v) is 5.73. The predicted molar refractivity (Wildman–Crippen MR) is 117 cm³/mol. The molecule has 0 fully saturated rings. The zero-order chi connectivity index (χ0) is 21.5. The van der Waals surface area contributed by atoms with Gasteiger partial charge in [-0.1, -0.05) is 35.9 Å². The molecule has 0 aromatic heterocycles. The van der Waals surface area contributed by atoms with Gasteiger partial charge in [0.05, 0.1) is 11.1 Å².